The van der Waals surface area contributed by atoms with E-state index < -0.39 is 0 Å². The molecule has 1 aromatic carbocycles. The summed E-state index contributed by atoms with van der Waals surface area (Å²) in [6.07, 6.45) is 4.00. The van der Waals surface area contributed by atoms with Gasteiger partial charge < -0.3 is 10.1 Å². The Bertz CT molecular complexity index is 407. The summed E-state index contributed by atoms with van der Waals surface area (Å²) in [6, 6.07) is 7.26. The zero-order valence-electron chi connectivity index (χ0n) is 10.7. The van der Waals surface area contributed by atoms with Crippen molar-refractivity contribution in [2.24, 2.45) is 5.92 Å². The highest BCUT2D eigenvalue weighted by Gasteiger charge is 2.23. The quantitative estimate of drug-likeness (QED) is 0.802. The number of nitrogens with one attached hydrogen (secondary N) is 1. The van der Waals surface area contributed by atoms with Gasteiger partial charge in [0.05, 0.1) is 0 Å². The summed E-state index contributed by atoms with van der Waals surface area (Å²) in [5.74, 6) is 1.91. The summed E-state index contributed by atoms with van der Waals surface area (Å²) in [5, 5.41) is 3.65. The zero-order chi connectivity index (χ0) is 11.8. The van der Waals surface area contributed by atoms with E-state index in [9.17, 15) is 0 Å². The minimum atomic E-state index is 0.347. The fourth-order valence-corrected chi connectivity index (χ4v) is 2.94. The van der Waals surface area contributed by atoms with Gasteiger partial charge in [0.2, 0.25) is 0 Å². The smallest absolute Gasteiger partial charge is 0.123 e. The highest BCUT2D eigenvalue weighted by molar-refractivity contribution is 5.41. The summed E-state index contributed by atoms with van der Waals surface area (Å²) in [7, 11) is 0. The Kier molecular flexibility index (Phi) is 2.83. The molecule has 0 aliphatic carbocycles. The van der Waals surface area contributed by atoms with Gasteiger partial charge in [-0.3, -0.25) is 0 Å². The van der Waals surface area contributed by atoms with Crippen LogP contribution in [-0.4, -0.2) is 12.6 Å². The Morgan fingerprint density at radius 3 is 2.88 bits per heavy atom. The van der Waals surface area contributed by atoms with Crippen molar-refractivity contribution >= 4 is 0 Å². The molecule has 0 radical (unpaired) electrons. The van der Waals surface area contributed by atoms with Crippen LogP contribution in [0, 0.1) is 5.92 Å². The average Bonchev–Trinajstić information content (AvgIpc) is 2.69. The largest absolute Gasteiger partial charge is 0.490 e. The molecule has 3 atom stereocenters. The molecule has 17 heavy (non-hydrogen) atoms. The third kappa shape index (κ3) is 2.19. The number of ether oxygens (including phenoxy) is 1. The van der Waals surface area contributed by atoms with Gasteiger partial charge in [-0.2, -0.15) is 0 Å². The molecule has 0 spiro atoms. The van der Waals surface area contributed by atoms with Crippen LogP contribution in [0.2, 0.25) is 0 Å². The maximum Gasteiger partial charge on any atom is 0.123 e. The van der Waals surface area contributed by atoms with E-state index >= 15 is 0 Å². The Balaban J connectivity index is 1.78. The fraction of sp³-hybridized carbons (Fsp3) is 0.600. The first-order valence-electron chi connectivity index (χ1n) is 6.75. The average molecular weight is 231 g/mol. The van der Waals surface area contributed by atoms with Gasteiger partial charge in [0.25, 0.3) is 0 Å². The molecule has 0 aromatic heterocycles. The fourth-order valence-electron chi connectivity index (χ4n) is 2.94. The van der Waals surface area contributed by atoms with Crippen LogP contribution in [0.1, 0.15) is 43.9 Å². The second kappa shape index (κ2) is 4.34. The number of fused-ring (bicyclic) bond motifs is 1. The van der Waals surface area contributed by atoms with Crippen LogP contribution in [-0.2, 0) is 6.42 Å². The predicted octanol–water partition coefficient (Wildman–Crippen LogP) is 3.07. The number of rotatable bonds is 1. The maximum atomic E-state index is 5.75. The minimum Gasteiger partial charge on any atom is -0.490 e. The van der Waals surface area contributed by atoms with Crippen LogP contribution in [0.3, 0.4) is 0 Å². The van der Waals surface area contributed by atoms with Crippen molar-refractivity contribution < 1.29 is 4.74 Å². The van der Waals surface area contributed by atoms with E-state index in [1.54, 1.807) is 0 Å². The molecule has 1 N–H and O–H groups in total. The van der Waals surface area contributed by atoms with E-state index in [0.717, 1.165) is 24.6 Å². The molecule has 1 aromatic rings. The van der Waals surface area contributed by atoms with Crippen molar-refractivity contribution in [3.63, 3.8) is 0 Å². The summed E-state index contributed by atoms with van der Waals surface area (Å²) >= 11 is 0. The van der Waals surface area contributed by atoms with Crippen LogP contribution in [0.4, 0.5) is 0 Å². The number of piperidine rings is 1. The first-order chi connectivity index (χ1) is 8.22. The van der Waals surface area contributed by atoms with Crippen molar-refractivity contribution in [2.45, 2.75) is 45.3 Å². The third-order valence-electron chi connectivity index (χ3n) is 3.98. The van der Waals surface area contributed by atoms with Gasteiger partial charge in [-0.1, -0.05) is 19.1 Å². The van der Waals surface area contributed by atoms with Crippen molar-refractivity contribution in [3.8, 4) is 5.75 Å². The lowest BCUT2D eigenvalue weighted by atomic mass is 9.91. The van der Waals surface area contributed by atoms with Crippen LogP contribution < -0.4 is 10.1 Å². The van der Waals surface area contributed by atoms with Gasteiger partial charge in [-0.15, -0.1) is 0 Å². The summed E-state index contributed by atoms with van der Waals surface area (Å²) < 4.78 is 5.75. The molecule has 3 rings (SSSR count). The molecule has 2 heterocycles. The van der Waals surface area contributed by atoms with E-state index in [1.807, 2.05) is 0 Å². The molecular weight excluding hydrogens is 210 g/mol. The van der Waals surface area contributed by atoms with Crippen LogP contribution in [0.5, 0.6) is 5.75 Å². The van der Waals surface area contributed by atoms with Crippen LogP contribution in [0.25, 0.3) is 0 Å². The van der Waals surface area contributed by atoms with E-state index in [1.165, 1.54) is 24.0 Å². The normalized spacial score (nSPS) is 32.0. The number of hydrogen-bond donors (Lipinski definition) is 1. The van der Waals surface area contributed by atoms with Gasteiger partial charge >= 0.3 is 0 Å². The Labute approximate surface area is 103 Å². The van der Waals surface area contributed by atoms with E-state index in [4.69, 9.17) is 4.74 Å². The predicted molar refractivity (Wildman–Crippen MR) is 69.4 cm³/mol. The summed E-state index contributed by atoms with van der Waals surface area (Å²) in [4.78, 5) is 0. The van der Waals surface area contributed by atoms with Crippen molar-refractivity contribution in [1.82, 2.24) is 5.32 Å². The molecule has 2 nitrogen and oxygen atoms in total. The molecule has 1 fully saturated rings. The van der Waals surface area contributed by atoms with E-state index in [-0.39, 0.29) is 0 Å². The maximum absolute atomic E-state index is 5.75. The van der Waals surface area contributed by atoms with E-state index in [2.05, 4.69) is 37.4 Å². The number of hydrogen-bond acceptors (Lipinski definition) is 2. The van der Waals surface area contributed by atoms with Gasteiger partial charge in [0.1, 0.15) is 11.9 Å². The lowest BCUT2D eigenvalue weighted by Crippen LogP contribution is -2.31. The first-order valence-corrected chi connectivity index (χ1v) is 6.75. The third-order valence-corrected chi connectivity index (χ3v) is 3.98. The Hall–Kier alpha value is -1.02. The molecule has 2 heteroatoms. The van der Waals surface area contributed by atoms with Gasteiger partial charge in [0, 0.05) is 12.5 Å². The van der Waals surface area contributed by atoms with Gasteiger partial charge in [-0.25, -0.2) is 0 Å². The molecular formula is C15H21NO. The van der Waals surface area contributed by atoms with Crippen LogP contribution in [0.15, 0.2) is 18.2 Å². The summed E-state index contributed by atoms with van der Waals surface area (Å²) in [6.45, 7) is 5.61. The van der Waals surface area contributed by atoms with Gasteiger partial charge in [-0.05, 0) is 49.4 Å². The topological polar surface area (TPSA) is 21.3 Å². The molecule has 3 unspecified atom stereocenters. The Morgan fingerprint density at radius 2 is 2.12 bits per heavy atom. The van der Waals surface area contributed by atoms with Crippen molar-refractivity contribution in [1.29, 1.82) is 0 Å². The summed E-state index contributed by atoms with van der Waals surface area (Å²) in [5.41, 5.74) is 2.82. The first kappa shape index (κ1) is 11.1. The number of benzene rings is 1. The molecule has 1 saturated heterocycles. The van der Waals surface area contributed by atoms with E-state index in [0.29, 0.717) is 12.1 Å². The van der Waals surface area contributed by atoms with Crippen molar-refractivity contribution in [3.05, 3.63) is 29.3 Å². The monoisotopic (exact) mass is 231 g/mol. The molecule has 0 amide bonds. The van der Waals surface area contributed by atoms with Crippen LogP contribution >= 0.6 is 0 Å². The molecule has 92 valence electrons. The second-order valence-corrected chi connectivity index (χ2v) is 5.64. The highest BCUT2D eigenvalue weighted by atomic mass is 16.5. The van der Waals surface area contributed by atoms with Crippen molar-refractivity contribution in [2.75, 3.05) is 6.54 Å². The minimum absolute atomic E-state index is 0.347. The highest BCUT2D eigenvalue weighted by Crippen LogP contribution is 2.33. The standard InChI is InChI=1S/C15H21NO/c1-10-3-5-14(16-9-10)12-4-6-15-13(8-12)7-11(2)17-15/h4,6,8,10-11,14,16H,3,5,7,9H2,1-2H3. The Morgan fingerprint density at radius 1 is 1.24 bits per heavy atom. The lowest BCUT2D eigenvalue weighted by Gasteiger charge is -2.28. The zero-order valence-corrected chi connectivity index (χ0v) is 10.7. The van der Waals surface area contributed by atoms with Gasteiger partial charge in [0.15, 0.2) is 0 Å². The molecule has 2 aliphatic rings. The molecule has 2 aliphatic heterocycles. The second-order valence-electron chi connectivity index (χ2n) is 5.64. The molecule has 0 bridgehead atoms. The SMILES string of the molecule is CC1CCC(c2ccc3c(c2)CC(C)O3)NC1. The molecule has 0 saturated carbocycles. The lowest BCUT2D eigenvalue weighted by molar-refractivity contribution is 0.254.